The number of alkyl carbamates (subject to hydrolysis) is 1. The molecule has 4 nitrogen and oxygen atoms in total. The molecule has 1 aliphatic heterocycles. The topological polar surface area (TPSA) is 50.4 Å². The molecule has 0 unspecified atom stereocenters. The van der Waals surface area contributed by atoms with Gasteiger partial charge >= 0.3 is 6.09 Å². The molecular weight excluding hydrogens is 168 g/mol. The first-order valence-corrected chi connectivity index (χ1v) is 4.53. The number of nitrogens with one attached hydrogen (secondary N) is 2. The van der Waals surface area contributed by atoms with Gasteiger partial charge in [-0.1, -0.05) is 0 Å². The summed E-state index contributed by atoms with van der Waals surface area (Å²) in [6.07, 6.45) is -0.337. The maximum absolute atomic E-state index is 11.3. The van der Waals surface area contributed by atoms with E-state index in [1.54, 1.807) is 0 Å². The Hall–Kier alpha value is -0.770. The summed E-state index contributed by atoms with van der Waals surface area (Å²) in [5.74, 6) is 0. The molecule has 0 saturated carbocycles. The first-order chi connectivity index (χ1) is 5.81. The molecule has 76 valence electrons. The van der Waals surface area contributed by atoms with E-state index in [0.717, 1.165) is 13.1 Å². The average molecular weight is 186 g/mol. The number of hydrogen-bond donors (Lipinski definition) is 2. The number of carbonyl (C=O) groups is 1. The van der Waals surface area contributed by atoms with Crippen molar-refractivity contribution >= 4 is 6.09 Å². The van der Waals surface area contributed by atoms with E-state index < -0.39 is 0 Å². The summed E-state index contributed by atoms with van der Waals surface area (Å²) in [6.45, 7) is 9.18. The molecule has 0 aromatic heterocycles. The van der Waals surface area contributed by atoms with E-state index in [9.17, 15) is 4.79 Å². The third-order valence-electron chi connectivity index (χ3n) is 1.81. The van der Waals surface area contributed by atoms with Crippen LogP contribution in [0.15, 0.2) is 0 Å². The van der Waals surface area contributed by atoms with Crippen molar-refractivity contribution in [3.63, 3.8) is 0 Å². The van der Waals surface area contributed by atoms with Crippen LogP contribution >= 0.6 is 0 Å². The van der Waals surface area contributed by atoms with Crippen molar-refractivity contribution in [2.45, 2.75) is 38.8 Å². The Bertz CT molecular complexity index is 204. The molecule has 0 aromatic rings. The van der Waals surface area contributed by atoms with Gasteiger partial charge in [-0.25, -0.2) is 4.79 Å². The van der Waals surface area contributed by atoms with Gasteiger partial charge in [0.15, 0.2) is 0 Å². The summed E-state index contributed by atoms with van der Waals surface area (Å²) >= 11 is 0. The summed E-state index contributed by atoms with van der Waals surface area (Å²) < 4.78 is 5.24. The molecule has 2 N–H and O–H groups in total. The number of hydrogen-bond acceptors (Lipinski definition) is 3. The van der Waals surface area contributed by atoms with Crippen molar-refractivity contribution in [3.05, 3.63) is 0 Å². The first kappa shape index (κ1) is 10.3. The van der Waals surface area contributed by atoms with Gasteiger partial charge in [0.05, 0.1) is 0 Å². The second-order valence-electron chi connectivity index (χ2n) is 4.82. The van der Waals surface area contributed by atoms with Crippen LogP contribution in [0.25, 0.3) is 0 Å². The van der Waals surface area contributed by atoms with Crippen molar-refractivity contribution in [1.29, 1.82) is 0 Å². The van der Waals surface area contributed by atoms with E-state index in [4.69, 9.17) is 4.74 Å². The van der Waals surface area contributed by atoms with Gasteiger partial charge < -0.3 is 15.4 Å². The molecular formula is C9H18N2O2. The number of amides is 1. The van der Waals surface area contributed by atoms with Crippen molar-refractivity contribution in [2.24, 2.45) is 0 Å². The smallest absolute Gasteiger partial charge is 0.408 e. The fraction of sp³-hybridized carbons (Fsp3) is 0.889. The molecule has 0 atom stereocenters. The Morgan fingerprint density at radius 2 is 2.00 bits per heavy atom. The van der Waals surface area contributed by atoms with Gasteiger partial charge in [-0.3, -0.25) is 0 Å². The normalized spacial score (nSPS) is 20.3. The van der Waals surface area contributed by atoms with Crippen LogP contribution in [0.1, 0.15) is 27.7 Å². The molecule has 0 spiro atoms. The Balaban J connectivity index is 2.33. The summed E-state index contributed by atoms with van der Waals surface area (Å²) in [7, 11) is 0. The highest BCUT2D eigenvalue weighted by molar-refractivity contribution is 5.68. The molecule has 1 rings (SSSR count). The lowest BCUT2D eigenvalue weighted by molar-refractivity contribution is -0.0155. The minimum Gasteiger partial charge on any atom is -0.441 e. The van der Waals surface area contributed by atoms with Crippen LogP contribution in [0, 0.1) is 0 Å². The number of ether oxygens (including phenoxy) is 1. The molecule has 0 radical (unpaired) electrons. The van der Waals surface area contributed by atoms with Gasteiger partial charge in [0.2, 0.25) is 0 Å². The maximum Gasteiger partial charge on any atom is 0.408 e. The zero-order valence-electron chi connectivity index (χ0n) is 8.73. The van der Waals surface area contributed by atoms with E-state index >= 15 is 0 Å². The molecule has 0 aromatic carbocycles. The van der Waals surface area contributed by atoms with Gasteiger partial charge in [0.25, 0.3) is 0 Å². The van der Waals surface area contributed by atoms with E-state index in [2.05, 4.69) is 10.6 Å². The monoisotopic (exact) mass is 186 g/mol. The van der Waals surface area contributed by atoms with Crippen LogP contribution in [0.2, 0.25) is 0 Å². The Morgan fingerprint density at radius 3 is 2.31 bits per heavy atom. The highest BCUT2D eigenvalue weighted by Crippen LogP contribution is 2.15. The lowest BCUT2D eigenvalue weighted by atomic mass is 10.0. The van der Waals surface area contributed by atoms with E-state index in [1.165, 1.54) is 0 Å². The van der Waals surface area contributed by atoms with Crippen molar-refractivity contribution in [3.8, 4) is 0 Å². The molecule has 4 heteroatoms. The third kappa shape index (κ3) is 3.22. The fourth-order valence-corrected chi connectivity index (χ4v) is 1.10. The van der Waals surface area contributed by atoms with Crippen molar-refractivity contribution < 1.29 is 9.53 Å². The second kappa shape index (κ2) is 3.18. The first-order valence-electron chi connectivity index (χ1n) is 4.53. The summed E-state index contributed by atoms with van der Waals surface area (Å²) in [5, 5.41) is 5.82. The predicted octanol–water partition coefficient (Wildman–Crippen LogP) is 0.873. The van der Waals surface area contributed by atoms with Crippen molar-refractivity contribution in [1.82, 2.24) is 10.6 Å². The molecule has 0 aliphatic carbocycles. The SMILES string of the molecule is CC(C)(C)NC(=O)OC1(C)CNC1. The van der Waals surface area contributed by atoms with Gasteiger partial charge in [-0.15, -0.1) is 0 Å². The zero-order valence-corrected chi connectivity index (χ0v) is 8.73. The van der Waals surface area contributed by atoms with Crippen LogP contribution < -0.4 is 10.6 Å². The lowest BCUT2D eigenvalue weighted by Gasteiger charge is -2.39. The molecule has 1 fully saturated rings. The number of rotatable bonds is 1. The average Bonchev–Trinajstić information content (AvgIpc) is 1.79. The summed E-state index contributed by atoms with van der Waals surface area (Å²) in [5.41, 5.74) is -0.542. The molecule has 1 amide bonds. The fourth-order valence-electron chi connectivity index (χ4n) is 1.10. The standard InChI is InChI=1S/C9H18N2O2/c1-8(2,3)11-7(12)13-9(4)5-10-6-9/h10H,5-6H2,1-4H3,(H,11,12). The van der Waals surface area contributed by atoms with Crippen LogP contribution in [0.4, 0.5) is 4.79 Å². The molecule has 1 heterocycles. The van der Waals surface area contributed by atoms with Gasteiger partial charge in [-0.05, 0) is 27.7 Å². The summed E-state index contributed by atoms with van der Waals surface area (Å²) in [6, 6.07) is 0. The van der Waals surface area contributed by atoms with E-state index in [1.807, 2.05) is 27.7 Å². The molecule has 1 aliphatic rings. The highest BCUT2D eigenvalue weighted by Gasteiger charge is 2.36. The summed E-state index contributed by atoms with van der Waals surface area (Å²) in [4.78, 5) is 11.3. The Labute approximate surface area is 79.0 Å². The van der Waals surface area contributed by atoms with Crippen LogP contribution in [0.5, 0.6) is 0 Å². The molecule has 1 saturated heterocycles. The van der Waals surface area contributed by atoms with Gasteiger partial charge in [0, 0.05) is 18.6 Å². The van der Waals surface area contributed by atoms with Gasteiger partial charge in [-0.2, -0.15) is 0 Å². The van der Waals surface area contributed by atoms with Crippen molar-refractivity contribution in [2.75, 3.05) is 13.1 Å². The Kier molecular flexibility index (Phi) is 2.52. The zero-order chi connectivity index (χ0) is 10.1. The third-order valence-corrected chi connectivity index (χ3v) is 1.81. The second-order valence-corrected chi connectivity index (χ2v) is 4.82. The minimum absolute atomic E-state index is 0.232. The largest absolute Gasteiger partial charge is 0.441 e. The van der Waals surface area contributed by atoms with Crippen LogP contribution in [-0.2, 0) is 4.74 Å². The van der Waals surface area contributed by atoms with Gasteiger partial charge in [0.1, 0.15) is 5.60 Å². The Morgan fingerprint density at radius 1 is 1.46 bits per heavy atom. The van der Waals surface area contributed by atoms with Crippen LogP contribution in [-0.4, -0.2) is 30.3 Å². The molecule has 0 bridgehead atoms. The molecule has 13 heavy (non-hydrogen) atoms. The van der Waals surface area contributed by atoms with E-state index in [0.29, 0.717) is 0 Å². The van der Waals surface area contributed by atoms with E-state index in [-0.39, 0.29) is 17.2 Å². The quantitative estimate of drug-likeness (QED) is 0.639. The lowest BCUT2D eigenvalue weighted by Crippen LogP contribution is -2.61. The maximum atomic E-state index is 11.3. The van der Waals surface area contributed by atoms with Crippen LogP contribution in [0.3, 0.4) is 0 Å². The predicted molar refractivity (Wildman–Crippen MR) is 50.6 cm³/mol. The highest BCUT2D eigenvalue weighted by atomic mass is 16.6. The number of carbonyl (C=O) groups excluding carboxylic acids is 1. The minimum atomic E-state index is -0.337.